The van der Waals surface area contributed by atoms with E-state index in [1.165, 1.54) is 23.5 Å². The van der Waals surface area contributed by atoms with Crippen LogP contribution in [-0.2, 0) is 5.33 Å². The summed E-state index contributed by atoms with van der Waals surface area (Å²) in [6, 6.07) is 6.43. The van der Waals surface area contributed by atoms with Crippen molar-refractivity contribution in [3.63, 3.8) is 0 Å². The van der Waals surface area contributed by atoms with Crippen molar-refractivity contribution in [1.29, 1.82) is 0 Å². The number of rotatable bonds is 2. The molecular formula is C10H8BrFN2S. The molecule has 78 valence electrons. The van der Waals surface area contributed by atoms with Crippen molar-refractivity contribution in [2.75, 3.05) is 5.73 Å². The first kappa shape index (κ1) is 10.6. The van der Waals surface area contributed by atoms with Gasteiger partial charge in [-0.05, 0) is 17.7 Å². The van der Waals surface area contributed by atoms with Gasteiger partial charge in [-0.1, -0.05) is 39.4 Å². The highest BCUT2D eigenvalue weighted by molar-refractivity contribution is 9.08. The SMILES string of the molecule is Nc1nc(CBr)c(-c2cccc(F)c2)s1. The van der Waals surface area contributed by atoms with Crippen LogP contribution in [0.3, 0.4) is 0 Å². The molecule has 0 aliphatic heterocycles. The van der Waals surface area contributed by atoms with E-state index >= 15 is 0 Å². The maximum absolute atomic E-state index is 13.0. The number of anilines is 1. The van der Waals surface area contributed by atoms with E-state index < -0.39 is 0 Å². The molecule has 0 bridgehead atoms. The van der Waals surface area contributed by atoms with Crippen LogP contribution in [0.25, 0.3) is 10.4 Å². The second kappa shape index (κ2) is 4.28. The Bertz CT molecular complexity index is 484. The second-order valence-corrected chi connectivity index (χ2v) is 4.56. The van der Waals surface area contributed by atoms with E-state index in [0.717, 1.165) is 16.1 Å². The Morgan fingerprint density at radius 1 is 1.47 bits per heavy atom. The number of nitrogens with zero attached hydrogens (tertiary/aromatic N) is 1. The van der Waals surface area contributed by atoms with Gasteiger partial charge in [-0.15, -0.1) is 0 Å². The highest BCUT2D eigenvalue weighted by Gasteiger charge is 2.10. The summed E-state index contributed by atoms with van der Waals surface area (Å²) in [5.74, 6) is -0.250. The Labute approximate surface area is 99.1 Å². The number of hydrogen-bond donors (Lipinski definition) is 1. The molecule has 0 amide bonds. The highest BCUT2D eigenvalue weighted by atomic mass is 79.9. The van der Waals surface area contributed by atoms with E-state index in [1.807, 2.05) is 6.07 Å². The van der Waals surface area contributed by atoms with Crippen LogP contribution in [-0.4, -0.2) is 4.98 Å². The first-order valence-corrected chi connectivity index (χ1v) is 6.21. The minimum Gasteiger partial charge on any atom is -0.375 e. The molecule has 0 radical (unpaired) electrons. The third kappa shape index (κ3) is 2.18. The van der Waals surface area contributed by atoms with Crippen LogP contribution in [0.4, 0.5) is 9.52 Å². The van der Waals surface area contributed by atoms with Crippen LogP contribution >= 0.6 is 27.3 Å². The minimum absolute atomic E-state index is 0.250. The molecule has 2 rings (SSSR count). The molecule has 15 heavy (non-hydrogen) atoms. The summed E-state index contributed by atoms with van der Waals surface area (Å²) in [6.45, 7) is 0. The molecule has 0 saturated carbocycles. The fraction of sp³-hybridized carbons (Fsp3) is 0.100. The number of aromatic nitrogens is 1. The summed E-state index contributed by atoms with van der Waals surface area (Å²) < 4.78 is 13.0. The smallest absolute Gasteiger partial charge is 0.180 e. The number of halogens is 2. The monoisotopic (exact) mass is 286 g/mol. The molecular weight excluding hydrogens is 279 g/mol. The second-order valence-electron chi connectivity index (χ2n) is 2.97. The molecule has 2 N–H and O–H groups in total. The van der Waals surface area contributed by atoms with E-state index in [1.54, 1.807) is 6.07 Å². The van der Waals surface area contributed by atoms with Crippen LogP contribution in [0.5, 0.6) is 0 Å². The summed E-state index contributed by atoms with van der Waals surface area (Å²) >= 11 is 4.70. The summed E-state index contributed by atoms with van der Waals surface area (Å²) in [6.07, 6.45) is 0. The first-order chi connectivity index (χ1) is 7.20. The van der Waals surface area contributed by atoms with Crippen molar-refractivity contribution in [2.45, 2.75) is 5.33 Å². The zero-order valence-electron chi connectivity index (χ0n) is 7.71. The van der Waals surface area contributed by atoms with Gasteiger partial charge in [-0.3, -0.25) is 0 Å². The van der Waals surface area contributed by atoms with Gasteiger partial charge in [0.15, 0.2) is 5.13 Å². The summed E-state index contributed by atoms with van der Waals surface area (Å²) in [7, 11) is 0. The number of benzene rings is 1. The van der Waals surface area contributed by atoms with Crippen molar-refractivity contribution < 1.29 is 4.39 Å². The molecule has 0 atom stereocenters. The van der Waals surface area contributed by atoms with Crippen LogP contribution in [0.15, 0.2) is 24.3 Å². The average Bonchev–Trinajstić information content (AvgIpc) is 2.59. The maximum Gasteiger partial charge on any atom is 0.180 e. The van der Waals surface area contributed by atoms with Crippen LogP contribution < -0.4 is 5.73 Å². The third-order valence-electron chi connectivity index (χ3n) is 1.93. The molecule has 1 aromatic heterocycles. The predicted molar refractivity (Wildman–Crippen MR) is 64.6 cm³/mol. The largest absolute Gasteiger partial charge is 0.375 e. The van der Waals surface area contributed by atoms with Gasteiger partial charge in [0.05, 0.1) is 10.6 Å². The van der Waals surface area contributed by atoms with E-state index in [2.05, 4.69) is 20.9 Å². The summed E-state index contributed by atoms with van der Waals surface area (Å²) in [5, 5.41) is 1.12. The van der Waals surface area contributed by atoms with Crippen LogP contribution in [0.2, 0.25) is 0 Å². The fourth-order valence-electron chi connectivity index (χ4n) is 1.32. The van der Waals surface area contributed by atoms with E-state index in [-0.39, 0.29) is 5.82 Å². The molecule has 0 aliphatic rings. The van der Waals surface area contributed by atoms with Crippen molar-refractivity contribution in [3.05, 3.63) is 35.8 Å². The van der Waals surface area contributed by atoms with Gasteiger partial charge in [0, 0.05) is 5.33 Å². The van der Waals surface area contributed by atoms with Gasteiger partial charge in [-0.25, -0.2) is 9.37 Å². The number of nitrogen functional groups attached to an aromatic ring is 1. The first-order valence-electron chi connectivity index (χ1n) is 4.28. The minimum atomic E-state index is -0.250. The summed E-state index contributed by atoms with van der Waals surface area (Å²) in [5.41, 5.74) is 7.29. The Kier molecular flexibility index (Phi) is 3.02. The highest BCUT2D eigenvalue weighted by Crippen LogP contribution is 2.33. The van der Waals surface area contributed by atoms with Gasteiger partial charge < -0.3 is 5.73 Å². The number of nitrogens with two attached hydrogens (primary N) is 1. The standard InChI is InChI=1S/C10H8BrFN2S/c11-5-8-9(15-10(13)14-8)6-2-1-3-7(12)4-6/h1-4H,5H2,(H2,13,14). The molecule has 1 aromatic carbocycles. The van der Waals surface area contributed by atoms with Gasteiger partial charge in [0.25, 0.3) is 0 Å². The van der Waals surface area contributed by atoms with Gasteiger partial charge >= 0.3 is 0 Å². The normalized spacial score (nSPS) is 10.5. The fourth-order valence-corrected chi connectivity index (χ4v) is 2.75. The molecule has 5 heteroatoms. The van der Waals surface area contributed by atoms with Crippen LogP contribution in [0, 0.1) is 5.82 Å². The van der Waals surface area contributed by atoms with Crippen molar-refractivity contribution in [3.8, 4) is 10.4 Å². The lowest BCUT2D eigenvalue weighted by Gasteiger charge is -1.99. The quantitative estimate of drug-likeness (QED) is 0.859. The molecule has 0 saturated heterocycles. The topological polar surface area (TPSA) is 38.9 Å². The molecule has 0 aliphatic carbocycles. The predicted octanol–water partition coefficient (Wildman–Crippen LogP) is 3.43. The molecule has 2 nitrogen and oxygen atoms in total. The lowest BCUT2D eigenvalue weighted by atomic mass is 10.1. The Morgan fingerprint density at radius 2 is 2.27 bits per heavy atom. The Hall–Kier alpha value is -0.940. The average molecular weight is 287 g/mol. The van der Waals surface area contributed by atoms with Crippen molar-refractivity contribution in [1.82, 2.24) is 4.98 Å². The van der Waals surface area contributed by atoms with Gasteiger partial charge in [0.1, 0.15) is 5.82 Å². The zero-order valence-corrected chi connectivity index (χ0v) is 10.1. The molecule has 2 aromatic rings. The molecule has 1 heterocycles. The molecule has 0 unspecified atom stereocenters. The lowest BCUT2D eigenvalue weighted by Crippen LogP contribution is -1.85. The lowest BCUT2D eigenvalue weighted by molar-refractivity contribution is 0.628. The van der Waals surface area contributed by atoms with Crippen LogP contribution in [0.1, 0.15) is 5.69 Å². The van der Waals surface area contributed by atoms with E-state index in [9.17, 15) is 4.39 Å². The molecule has 0 fully saturated rings. The van der Waals surface area contributed by atoms with E-state index in [4.69, 9.17) is 5.73 Å². The number of thiazole rings is 1. The van der Waals surface area contributed by atoms with Crippen molar-refractivity contribution >= 4 is 32.4 Å². The summed E-state index contributed by atoms with van der Waals surface area (Å²) in [4.78, 5) is 5.08. The van der Waals surface area contributed by atoms with Crippen molar-refractivity contribution in [2.24, 2.45) is 0 Å². The van der Waals surface area contributed by atoms with Gasteiger partial charge in [-0.2, -0.15) is 0 Å². The Morgan fingerprint density at radius 3 is 2.93 bits per heavy atom. The maximum atomic E-state index is 13.0. The molecule has 0 spiro atoms. The van der Waals surface area contributed by atoms with Gasteiger partial charge in [0.2, 0.25) is 0 Å². The Balaban J connectivity index is 2.53. The number of alkyl halides is 1. The zero-order chi connectivity index (χ0) is 10.8. The van der Waals surface area contributed by atoms with E-state index in [0.29, 0.717) is 10.5 Å². The number of hydrogen-bond acceptors (Lipinski definition) is 3. The third-order valence-corrected chi connectivity index (χ3v) is 3.43.